The predicted octanol–water partition coefficient (Wildman–Crippen LogP) is 3.66. The first-order valence-corrected chi connectivity index (χ1v) is 7.02. The van der Waals surface area contributed by atoms with E-state index in [0.717, 1.165) is 11.8 Å². The minimum Gasteiger partial charge on any atom is -0.366 e. The predicted molar refractivity (Wildman–Crippen MR) is 71.4 cm³/mol. The largest absolute Gasteiger partial charge is 0.417 e. The molecule has 0 fully saturated rings. The molecule has 0 saturated carbocycles. The quantitative estimate of drug-likeness (QED) is 0.899. The van der Waals surface area contributed by atoms with Gasteiger partial charge < -0.3 is 5.73 Å². The van der Waals surface area contributed by atoms with Crippen molar-refractivity contribution in [3.63, 3.8) is 0 Å². The summed E-state index contributed by atoms with van der Waals surface area (Å²) in [5.74, 6) is 0.0635. The molecule has 2 nitrogen and oxygen atoms in total. The average Bonchev–Trinajstić information content (AvgIpc) is 2.33. The monoisotopic (exact) mass is 291 g/mol. The summed E-state index contributed by atoms with van der Waals surface area (Å²) in [6, 6.07) is 3.97. The van der Waals surface area contributed by atoms with Gasteiger partial charge in [-0.2, -0.15) is 24.9 Å². The number of hydrogen-bond donors (Lipinski definition) is 1. The van der Waals surface area contributed by atoms with Gasteiger partial charge in [0.15, 0.2) is 0 Å². The summed E-state index contributed by atoms with van der Waals surface area (Å²) < 4.78 is 39.4. The summed E-state index contributed by atoms with van der Waals surface area (Å²) in [6.07, 6.45) is -4.58. The molecule has 1 atom stereocenters. The molecule has 2 N–H and O–H groups in total. The minimum absolute atomic E-state index is 0.129. The number of halogens is 3. The van der Waals surface area contributed by atoms with Gasteiger partial charge in [0.1, 0.15) is 0 Å². The lowest BCUT2D eigenvalue weighted by Crippen LogP contribution is -2.21. The SMILES string of the molecule is CCSC[C@H](C)c1cccc(C(N)=O)c1C(F)(F)F. The van der Waals surface area contributed by atoms with Crippen LogP contribution in [-0.4, -0.2) is 17.4 Å². The van der Waals surface area contributed by atoms with Crippen LogP contribution in [0.25, 0.3) is 0 Å². The highest BCUT2D eigenvalue weighted by atomic mass is 32.2. The van der Waals surface area contributed by atoms with Gasteiger partial charge in [-0.25, -0.2) is 0 Å². The molecular weight excluding hydrogens is 275 g/mol. The molecule has 1 amide bonds. The molecule has 0 aliphatic carbocycles. The number of rotatable bonds is 5. The molecule has 1 aromatic rings. The van der Waals surface area contributed by atoms with E-state index in [-0.39, 0.29) is 11.5 Å². The number of amides is 1. The molecule has 0 aliphatic heterocycles. The number of carbonyl (C=O) groups excluding carboxylic acids is 1. The van der Waals surface area contributed by atoms with E-state index in [0.29, 0.717) is 5.75 Å². The Bertz CT molecular complexity index is 460. The van der Waals surface area contributed by atoms with Crippen LogP contribution in [0.4, 0.5) is 13.2 Å². The van der Waals surface area contributed by atoms with E-state index >= 15 is 0 Å². The zero-order valence-corrected chi connectivity index (χ0v) is 11.6. The Balaban J connectivity index is 3.31. The highest BCUT2D eigenvalue weighted by Gasteiger charge is 2.38. The Morgan fingerprint density at radius 2 is 2.05 bits per heavy atom. The van der Waals surface area contributed by atoms with Gasteiger partial charge >= 0.3 is 6.18 Å². The lowest BCUT2D eigenvalue weighted by Gasteiger charge is -2.20. The number of benzene rings is 1. The van der Waals surface area contributed by atoms with Gasteiger partial charge in [0.05, 0.1) is 11.1 Å². The minimum atomic E-state index is -4.58. The molecule has 1 rings (SSSR count). The fraction of sp³-hybridized carbons (Fsp3) is 0.462. The Kier molecular flexibility index (Phi) is 5.29. The molecule has 0 spiro atoms. The molecule has 0 radical (unpaired) electrons. The van der Waals surface area contributed by atoms with Gasteiger partial charge in [0.25, 0.3) is 0 Å². The molecular formula is C13H16F3NOS. The van der Waals surface area contributed by atoms with E-state index in [9.17, 15) is 18.0 Å². The maximum atomic E-state index is 13.1. The molecule has 0 bridgehead atoms. The second-order valence-corrected chi connectivity index (χ2v) is 5.51. The van der Waals surface area contributed by atoms with Crippen LogP contribution < -0.4 is 5.73 Å². The van der Waals surface area contributed by atoms with Crippen molar-refractivity contribution in [2.75, 3.05) is 11.5 Å². The summed E-state index contributed by atoms with van der Waals surface area (Å²) in [5.41, 5.74) is 3.81. The standard InChI is InChI=1S/C13H16F3NOS/c1-3-19-7-8(2)9-5-4-6-10(12(17)18)11(9)13(14,15)16/h4-6,8H,3,7H2,1-2H3,(H2,17,18)/t8-/m0/s1. The molecule has 6 heteroatoms. The molecule has 19 heavy (non-hydrogen) atoms. The third kappa shape index (κ3) is 3.89. The van der Waals surface area contributed by atoms with E-state index in [1.165, 1.54) is 12.1 Å². The van der Waals surface area contributed by atoms with Crippen LogP contribution in [0.1, 0.15) is 41.3 Å². The van der Waals surface area contributed by atoms with Gasteiger partial charge in [-0.1, -0.05) is 26.0 Å². The Morgan fingerprint density at radius 1 is 1.42 bits per heavy atom. The highest BCUT2D eigenvalue weighted by molar-refractivity contribution is 7.99. The van der Waals surface area contributed by atoms with Crippen molar-refractivity contribution in [1.29, 1.82) is 0 Å². The maximum absolute atomic E-state index is 13.1. The van der Waals surface area contributed by atoms with E-state index in [2.05, 4.69) is 0 Å². The normalized spacial score (nSPS) is 13.3. The first kappa shape index (κ1) is 15.9. The Labute approximate surface area is 114 Å². The molecule has 0 unspecified atom stereocenters. The zero-order valence-electron chi connectivity index (χ0n) is 10.8. The number of alkyl halides is 3. The van der Waals surface area contributed by atoms with E-state index < -0.39 is 23.2 Å². The Hall–Kier alpha value is -1.17. The zero-order chi connectivity index (χ0) is 14.6. The highest BCUT2D eigenvalue weighted by Crippen LogP contribution is 2.38. The van der Waals surface area contributed by atoms with Gasteiger partial charge in [-0.05, 0) is 29.1 Å². The molecule has 0 saturated heterocycles. The van der Waals surface area contributed by atoms with E-state index in [4.69, 9.17) is 5.73 Å². The smallest absolute Gasteiger partial charge is 0.366 e. The van der Waals surface area contributed by atoms with E-state index in [1.54, 1.807) is 18.7 Å². The Morgan fingerprint density at radius 3 is 2.53 bits per heavy atom. The van der Waals surface area contributed by atoms with Crippen LogP contribution in [0.15, 0.2) is 18.2 Å². The van der Waals surface area contributed by atoms with Crippen LogP contribution in [0, 0.1) is 0 Å². The van der Waals surface area contributed by atoms with Crippen molar-refractivity contribution in [3.05, 3.63) is 34.9 Å². The van der Waals surface area contributed by atoms with Gasteiger partial charge in [0.2, 0.25) is 5.91 Å². The van der Waals surface area contributed by atoms with Crippen LogP contribution in [0.5, 0.6) is 0 Å². The first-order chi connectivity index (χ1) is 8.79. The number of hydrogen-bond acceptors (Lipinski definition) is 2. The summed E-state index contributed by atoms with van der Waals surface area (Å²) in [5, 5.41) is 0. The lowest BCUT2D eigenvalue weighted by molar-refractivity contribution is -0.138. The summed E-state index contributed by atoms with van der Waals surface area (Å²) in [7, 11) is 0. The molecule has 0 aliphatic rings. The van der Waals surface area contributed by atoms with Gasteiger partial charge in [-0.3, -0.25) is 4.79 Å². The molecule has 0 aromatic heterocycles. The van der Waals surface area contributed by atoms with Gasteiger partial charge in [0, 0.05) is 0 Å². The van der Waals surface area contributed by atoms with Crippen molar-refractivity contribution >= 4 is 17.7 Å². The van der Waals surface area contributed by atoms with Crippen molar-refractivity contribution in [1.82, 2.24) is 0 Å². The topological polar surface area (TPSA) is 43.1 Å². The van der Waals surface area contributed by atoms with Crippen molar-refractivity contribution in [2.24, 2.45) is 5.73 Å². The van der Waals surface area contributed by atoms with Crippen LogP contribution in [0.3, 0.4) is 0 Å². The second kappa shape index (κ2) is 6.32. The third-order valence-electron chi connectivity index (χ3n) is 2.75. The second-order valence-electron chi connectivity index (χ2n) is 4.19. The summed E-state index contributed by atoms with van der Waals surface area (Å²) in [6.45, 7) is 3.67. The summed E-state index contributed by atoms with van der Waals surface area (Å²) in [4.78, 5) is 11.2. The van der Waals surface area contributed by atoms with Crippen molar-refractivity contribution in [2.45, 2.75) is 25.9 Å². The molecule has 1 aromatic carbocycles. The number of primary amides is 1. The van der Waals surface area contributed by atoms with Crippen LogP contribution in [0.2, 0.25) is 0 Å². The number of thioether (sulfide) groups is 1. The van der Waals surface area contributed by atoms with Crippen LogP contribution >= 0.6 is 11.8 Å². The lowest BCUT2D eigenvalue weighted by atomic mass is 9.92. The van der Waals surface area contributed by atoms with E-state index in [1.807, 2.05) is 6.92 Å². The van der Waals surface area contributed by atoms with Gasteiger partial charge in [-0.15, -0.1) is 0 Å². The number of carbonyl (C=O) groups is 1. The third-order valence-corrected chi connectivity index (χ3v) is 3.89. The van der Waals surface area contributed by atoms with Crippen LogP contribution in [-0.2, 0) is 6.18 Å². The molecule has 0 heterocycles. The summed E-state index contributed by atoms with van der Waals surface area (Å²) >= 11 is 1.56. The molecule has 106 valence electrons. The average molecular weight is 291 g/mol. The maximum Gasteiger partial charge on any atom is 0.417 e. The fourth-order valence-electron chi connectivity index (χ4n) is 1.89. The van der Waals surface area contributed by atoms with Crippen molar-refractivity contribution < 1.29 is 18.0 Å². The number of nitrogens with two attached hydrogens (primary N) is 1. The van der Waals surface area contributed by atoms with Crippen molar-refractivity contribution in [3.8, 4) is 0 Å². The first-order valence-electron chi connectivity index (χ1n) is 5.86. The fourth-order valence-corrected chi connectivity index (χ4v) is 2.66.